The first kappa shape index (κ1) is 16.0. The number of benzene rings is 1. The van der Waals surface area contributed by atoms with Crippen molar-refractivity contribution >= 4 is 11.9 Å². The lowest BCUT2D eigenvalue weighted by Crippen LogP contribution is -2.47. The second kappa shape index (κ2) is 7.49. The second-order valence-electron chi connectivity index (χ2n) is 4.20. The molecule has 6 nitrogen and oxygen atoms in total. The number of nitrogens with one attached hydrogen (secondary N) is 1. The Morgan fingerprint density at radius 3 is 2.60 bits per heavy atom. The summed E-state index contributed by atoms with van der Waals surface area (Å²) in [5.41, 5.74) is 6.33. The summed E-state index contributed by atoms with van der Waals surface area (Å²) in [6.45, 7) is 3.62. The average molecular weight is 280 g/mol. The molecule has 110 valence electrons. The zero-order chi connectivity index (χ0) is 15.1. The lowest BCUT2D eigenvalue weighted by atomic mass is 10.1. The van der Waals surface area contributed by atoms with Crippen LogP contribution in [0.25, 0.3) is 0 Å². The highest BCUT2D eigenvalue weighted by Crippen LogP contribution is 2.24. The van der Waals surface area contributed by atoms with Crippen molar-refractivity contribution in [1.82, 2.24) is 5.32 Å². The molecular weight excluding hydrogens is 260 g/mol. The van der Waals surface area contributed by atoms with Gasteiger partial charge in [0.2, 0.25) is 5.91 Å². The van der Waals surface area contributed by atoms with Crippen LogP contribution in [-0.2, 0) is 14.3 Å². The van der Waals surface area contributed by atoms with Crippen molar-refractivity contribution in [2.45, 2.75) is 25.9 Å². The lowest BCUT2D eigenvalue weighted by molar-refractivity contribution is -0.148. The van der Waals surface area contributed by atoms with Crippen molar-refractivity contribution in [2.75, 3.05) is 13.7 Å². The molecule has 0 aliphatic heterocycles. The van der Waals surface area contributed by atoms with Gasteiger partial charge in [-0.1, -0.05) is 18.2 Å². The number of ether oxygens (including phenoxy) is 2. The molecule has 1 aromatic rings. The Hall–Kier alpha value is -2.08. The Bertz CT molecular complexity index is 476. The van der Waals surface area contributed by atoms with E-state index in [2.05, 4.69) is 5.32 Å². The van der Waals surface area contributed by atoms with Gasteiger partial charge < -0.3 is 20.5 Å². The van der Waals surface area contributed by atoms with Gasteiger partial charge in [-0.15, -0.1) is 0 Å². The van der Waals surface area contributed by atoms with Gasteiger partial charge in [0.15, 0.2) is 6.04 Å². The molecular formula is C14H20N2O4. The Morgan fingerprint density at radius 2 is 2.00 bits per heavy atom. The van der Waals surface area contributed by atoms with Crippen LogP contribution in [-0.4, -0.2) is 31.6 Å². The van der Waals surface area contributed by atoms with Crippen LogP contribution in [0.4, 0.5) is 0 Å². The van der Waals surface area contributed by atoms with Crippen LogP contribution in [0.5, 0.6) is 5.75 Å². The fraction of sp³-hybridized carbons (Fsp3) is 0.429. The fourth-order valence-electron chi connectivity index (χ4n) is 1.74. The summed E-state index contributed by atoms with van der Waals surface area (Å²) >= 11 is 0. The highest BCUT2D eigenvalue weighted by atomic mass is 16.5. The molecule has 0 aromatic heterocycles. The zero-order valence-corrected chi connectivity index (χ0v) is 11.9. The molecule has 0 heterocycles. The van der Waals surface area contributed by atoms with E-state index in [1.165, 1.54) is 0 Å². The molecule has 0 saturated heterocycles. The first-order chi connectivity index (χ1) is 9.51. The molecule has 3 N–H and O–H groups in total. The van der Waals surface area contributed by atoms with Crippen LogP contribution < -0.4 is 15.8 Å². The maximum atomic E-state index is 11.9. The number of esters is 1. The van der Waals surface area contributed by atoms with E-state index in [9.17, 15) is 9.59 Å². The largest absolute Gasteiger partial charge is 0.496 e. The third-order valence-electron chi connectivity index (χ3n) is 2.79. The van der Waals surface area contributed by atoms with Crippen LogP contribution in [0.15, 0.2) is 24.3 Å². The molecule has 0 aliphatic rings. The number of carbonyl (C=O) groups is 2. The van der Waals surface area contributed by atoms with Gasteiger partial charge >= 0.3 is 5.97 Å². The van der Waals surface area contributed by atoms with Crippen molar-refractivity contribution in [3.8, 4) is 5.75 Å². The van der Waals surface area contributed by atoms with Gasteiger partial charge in [0, 0.05) is 5.56 Å². The third-order valence-corrected chi connectivity index (χ3v) is 2.79. The molecule has 0 spiro atoms. The minimum Gasteiger partial charge on any atom is -0.496 e. The average Bonchev–Trinajstić information content (AvgIpc) is 2.46. The van der Waals surface area contributed by atoms with E-state index < -0.39 is 17.9 Å². The Labute approximate surface area is 118 Å². The normalized spacial score (nSPS) is 13.2. The third kappa shape index (κ3) is 3.96. The highest BCUT2D eigenvalue weighted by molar-refractivity contribution is 6.01. The van der Waals surface area contributed by atoms with E-state index >= 15 is 0 Å². The monoisotopic (exact) mass is 280 g/mol. The van der Waals surface area contributed by atoms with E-state index in [-0.39, 0.29) is 12.6 Å². The zero-order valence-electron chi connectivity index (χ0n) is 11.9. The number of para-hydroxylation sites is 1. The molecule has 0 fully saturated rings. The standard InChI is InChI=1S/C14H20N2O4/c1-4-20-14(18)12(15)13(17)16-9(2)10-7-5-6-8-11(10)19-3/h5-9,12H,4,15H2,1-3H3,(H,16,17)/t9-,12?/m1/s1. The summed E-state index contributed by atoms with van der Waals surface area (Å²) in [4.78, 5) is 23.3. The van der Waals surface area contributed by atoms with Crippen LogP contribution >= 0.6 is 0 Å². The summed E-state index contributed by atoms with van der Waals surface area (Å²) in [5, 5.41) is 2.67. The number of hydrogen-bond acceptors (Lipinski definition) is 5. The van der Waals surface area contributed by atoms with E-state index in [4.69, 9.17) is 15.2 Å². The smallest absolute Gasteiger partial charge is 0.332 e. The first-order valence-corrected chi connectivity index (χ1v) is 6.36. The molecule has 20 heavy (non-hydrogen) atoms. The molecule has 1 aromatic carbocycles. The molecule has 0 radical (unpaired) electrons. The van der Waals surface area contributed by atoms with Gasteiger partial charge in [-0.25, -0.2) is 4.79 Å². The Morgan fingerprint density at radius 1 is 1.35 bits per heavy atom. The highest BCUT2D eigenvalue weighted by Gasteiger charge is 2.25. The number of carbonyl (C=O) groups excluding carboxylic acids is 2. The van der Waals surface area contributed by atoms with Crippen LogP contribution in [0.1, 0.15) is 25.5 Å². The molecule has 0 aliphatic carbocycles. The number of nitrogens with two attached hydrogens (primary N) is 1. The Balaban J connectivity index is 2.72. The molecule has 1 amide bonds. The maximum absolute atomic E-state index is 11.9. The Kier molecular flexibility index (Phi) is 5.99. The van der Waals surface area contributed by atoms with E-state index in [0.29, 0.717) is 5.75 Å². The summed E-state index contributed by atoms with van der Waals surface area (Å²) in [6.07, 6.45) is 0. The fourth-order valence-corrected chi connectivity index (χ4v) is 1.74. The van der Waals surface area contributed by atoms with Crippen LogP contribution in [0.2, 0.25) is 0 Å². The summed E-state index contributed by atoms with van der Waals surface area (Å²) in [6, 6.07) is 5.64. The lowest BCUT2D eigenvalue weighted by Gasteiger charge is -2.19. The summed E-state index contributed by atoms with van der Waals surface area (Å²) in [7, 11) is 1.55. The predicted octanol–water partition coefficient (Wildman–Crippen LogP) is 0.763. The summed E-state index contributed by atoms with van der Waals surface area (Å²) < 4.78 is 9.93. The molecule has 1 rings (SSSR count). The van der Waals surface area contributed by atoms with Gasteiger partial charge in [-0.2, -0.15) is 0 Å². The molecule has 0 bridgehead atoms. The van der Waals surface area contributed by atoms with Gasteiger partial charge in [0.05, 0.1) is 19.8 Å². The molecule has 2 atom stereocenters. The van der Waals surface area contributed by atoms with Crippen molar-refractivity contribution in [3.05, 3.63) is 29.8 Å². The van der Waals surface area contributed by atoms with Gasteiger partial charge in [0.1, 0.15) is 5.75 Å². The molecule has 1 unspecified atom stereocenters. The number of rotatable bonds is 6. The number of hydrogen-bond donors (Lipinski definition) is 2. The van der Waals surface area contributed by atoms with Crippen molar-refractivity contribution in [3.63, 3.8) is 0 Å². The van der Waals surface area contributed by atoms with Gasteiger partial charge in [-0.05, 0) is 19.9 Å². The van der Waals surface area contributed by atoms with Crippen molar-refractivity contribution in [2.24, 2.45) is 5.73 Å². The van der Waals surface area contributed by atoms with E-state index in [1.807, 2.05) is 18.2 Å². The second-order valence-corrected chi connectivity index (χ2v) is 4.20. The predicted molar refractivity (Wildman–Crippen MR) is 74.2 cm³/mol. The minimum absolute atomic E-state index is 0.182. The number of amides is 1. The maximum Gasteiger partial charge on any atom is 0.332 e. The molecule has 0 saturated carbocycles. The molecule has 6 heteroatoms. The van der Waals surface area contributed by atoms with Crippen LogP contribution in [0.3, 0.4) is 0 Å². The topological polar surface area (TPSA) is 90.7 Å². The SMILES string of the molecule is CCOC(=O)C(N)C(=O)N[C@H](C)c1ccccc1OC. The van der Waals surface area contributed by atoms with E-state index in [1.54, 1.807) is 27.0 Å². The van der Waals surface area contributed by atoms with Crippen molar-refractivity contribution < 1.29 is 19.1 Å². The van der Waals surface area contributed by atoms with Crippen LogP contribution in [0, 0.1) is 0 Å². The first-order valence-electron chi connectivity index (χ1n) is 6.36. The summed E-state index contributed by atoms with van der Waals surface area (Å²) in [5.74, 6) is -0.663. The quantitative estimate of drug-likeness (QED) is 0.593. The minimum atomic E-state index is -1.33. The van der Waals surface area contributed by atoms with E-state index in [0.717, 1.165) is 5.56 Å². The van der Waals surface area contributed by atoms with Gasteiger partial charge in [0.25, 0.3) is 0 Å². The number of methoxy groups -OCH3 is 1. The van der Waals surface area contributed by atoms with Crippen molar-refractivity contribution in [1.29, 1.82) is 0 Å². The van der Waals surface area contributed by atoms with Gasteiger partial charge in [-0.3, -0.25) is 4.79 Å².